The molecule has 4 heterocycles. The molecule has 8 rings (SSSR count). The Kier molecular flexibility index (Phi) is 4.96. The van der Waals surface area contributed by atoms with Crippen LogP contribution in [0.4, 0.5) is 11.4 Å². The molecular weight excluding hydrogens is 528 g/mol. The fourth-order valence-corrected chi connectivity index (χ4v) is 6.03. The van der Waals surface area contributed by atoms with Gasteiger partial charge in [-0.05, 0) is 24.3 Å². The number of rotatable bonds is 0. The van der Waals surface area contributed by atoms with Crippen LogP contribution in [-0.2, 0) is 9.59 Å². The van der Waals surface area contributed by atoms with Gasteiger partial charge in [0.05, 0.1) is 32.8 Å². The van der Waals surface area contributed by atoms with Gasteiger partial charge in [0.25, 0.3) is 11.8 Å². The van der Waals surface area contributed by atoms with Gasteiger partial charge in [-0.3, -0.25) is 19.2 Å². The van der Waals surface area contributed by atoms with Gasteiger partial charge in [-0.1, -0.05) is 72.8 Å². The number of hydrogen-bond donors (Lipinski definition) is 4. The van der Waals surface area contributed by atoms with Gasteiger partial charge in [-0.15, -0.1) is 0 Å². The van der Waals surface area contributed by atoms with Gasteiger partial charge in [-0.2, -0.15) is 0 Å². The van der Waals surface area contributed by atoms with E-state index in [0.717, 1.165) is 10.8 Å². The van der Waals surface area contributed by atoms with E-state index in [2.05, 4.69) is 20.6 Å². The molecule has 0 aliphatic carbocycles. The zero-order valence-electron chi connectivity index (χ0n) is 21.9. The number of anilines is 2. The Labute approximate surface area is 236 Å². The number of Topliss-reactive ketones (excluding diaryl/α,β-unsaturated/α-hetero) is 2. The third-order valence-electron chi connectivity index (χ3n) is 7.93. The summed E-state index contributed by atoms with van der Waals surface area (Å²) in [5, 5.41) is 10.6. The molecule has 0 unspecified atom stereocenters. The number of ketones is 2. The number of amides is 2. The van der Waals surface area contributed by atoms with E-state index in [9.17, 15) is 19.2 Å². The van der Waals surface area contributed by atoms with Gasteiger partial charge >= 0.3 is 0 Å². The van der Waals surface area contributed by atoms with Crippen LogP contribution in [0.25, 0.3) is 32.7 Å². The van der Waals surface area contributed by atoms with Crippen LogP contribution >= 0.6 is 0 Å². The van der Waals surface area contributed by atoms with Crippen LogP contribution in [0.5, 0.6) is 0 Å². The number of para-hydroxylation sites is 2. The number of carbonyl (C=O) groups is 4. The van der Waals surface area contributed by atoms with Crippen LogP contribution in [0.2, 0.25) is 0 Å². The lowest BCUT2D eigenvalue weighted by Crippen LogP contribution is -2.32. The number of nitrogens with one attached hydrogen (secondary N) is 4. The Balaban J connectivity index is 1.53. The number of aromatic amines is 2. The van der Waals surface area contributed by atoms with Crippen molar-refractivity contribution in [3.8, 4) is 0 Å². The highest BCUT2D eigenvalue weighted by atomic mass is 16.2. The van der Waals surface area contributed by atoms with Gasteiger partial charge in [-0.25, -0.2) is 0 Å². The summed E-state index contributed by atoms with van der Waals surface area (Å²) in [6.45, 7) is 0. The maximum Gasteiger partial charge on any atom is 0.261 e. The van der Waals surface area contributed by atoms with Crippen molar-refractivity contribution in [3.05, 3.63) is 130 Å². The third kappa shape index (κ3) is 3.29. The normalized spacial score (nSPS) is 18.1. The van der Waals surface area contributed by atoms with Crippen molar-refractivity contribution >= 4 is 67.4 Å². The van der Waals surface area contributed by atoms with E-state index in [-0.39, 0.29) is 22.7 Å². The monoisotopic (exact) mass is 548 g/mol. The molecule has 0 atom stereocenters. The highest BCUT2D eigenvalue weighted by molar-refractivity contribution is 6.52. The van der Waals surface area contributed by atoms with Crippen LogP contribution in [-0.4, -0.2) is 33.3 Å². The SMILES string of the molecule is O=C1Nc2ccccc2C(=O)/C1=c1\[nH]/c(=c2/[nH]/c(=C3/C(=O)Nc4ccccc4C3=O)c3ccccc23)c2ccccc12. The van der Waals surface area contributed by atoms with Crippen molar-refractivity contribution < 1.29 is 19.2 Å². The van der Waals surface area contributed by atoms with Crippen molar-refractivity contribution in [1.29, 1.82) is 0 Å². The zero-order valence-corrected chi connectivity index (χ0v) is 21.9. The molecule has 2 aliphatic heterocycles. The second-order valence-electron chi connectivity index (χ2n) is 10.2. The van der Waals surface area contributed by atoms with Gasteiger partial charge < -0.3 is 20.6 Å². The van der Waals surface area contributed by atoms with E-state index in [4.69, 9.17) is 0 Å². The highest BCUT2D eigenvalue weighted by Crippen LogP contribution is 2.27. The molecule has 2 aliphatic rings. The van der Waals surface area contributed by atoms with Crippen LogP contribution in [0.1, 0.15) is 20.7 Å². The molecule has 6 aromatic rings. The molecule has 8 heteroatoms. The predicted molar refractivity (Wildman–Crippen MR) is 159 cm³/mol. The van der Waals surface area contributed by atoms with E-state index in [1.165, 1.54) is 0 Å². The largest absolute Gasteiger partial charge is 0.352 e. The van der Waals surface area contributed by atoms with E-state index in [1.54, 1.807) is 48.5 Å². The minimum Gasteiger partial charge on any atom is -0.352 e. The van der Waals surface area contributed by atoms with Crippen molar-refractivity contribution in [2.45, 2.75) is 0 Å². The first-order valence-corrected chi connectivity index (χ1v) is 13.4. The van der Waals surface area contributed by atoms with E-state index >= 15 is 0 Å². The Morgan fingerprint density at radius 1 is 0.381 bits per heavy atom. The summed E-state index contributed by atoms with van der Waals surface area (Å²) in [6, 6.07) is 28.8. The Hall–Kier alpha value is -6.02. The molecule has 0 radical (unpaired) electrons. The van der Waals surface area contributed by atoms with Gasteiger partial charge in [0.1, 0.15) is 11.1 Å². The van der Waals surface area contributed by atoms with Crippen molar-refractivity contribution in [1.82, 2.24) is 9.97 Å². The predicted octanol–water partition coefficient (Wildman–Crippen LogP) is 3.91. The van der Waals surface area contributed by atoms with E-state index < -0.39 is 11.8 Å². The molecule has 42 heavy (non-hydrogen) atoms. The standard InChI is InChI=1S/C34H20N4O4/c39-31-21-13-5-7-15-23(21)35-33(41)25(31)27-17-9-1-3-11-19(17)29(37-27)30-20-12-4-2-10-18(20)28(38-30)26-32(40)22-14-6-8-16-24(22)36-34(26)42/h1-16,37-38H,(H,35,41)(H,36,42)/b27-25+,28-26+,30-29+. The minimum atomic E-state index is -0.493. The summed E-state index contributed by atoms with van der Waals surface area (Å²) in [7, 11) is 0. The van der Waals surface area contributed by atoms with Crippen LogP contribution in [0.15, 0.2) is 97.1 Å². The Morgan fingerprint density at radius 2 is 0.714 bits per heavy atom. The molecule has 2 aromatic heterocycles. The molecule has 8 nitrogen and oxygen atoms in total. The van der Waals surface area contributed by atoms with Crippen molar-refractivity contribution in [2.24, 2.45) is 0 Å². The lowest BCUT2D eigenvalue weighted by Gasteiger charge is -2.17. The molecule has 200 valence electrons. The minimum absolute atomic E-state index is 0.0139. The molecular formula is C34H20N4O4. The second-order valence-corrected chi connectivity index (χ2v) is 10.2. The summed E-state index contributed by atoms with van der Waals surface area (Å²) in [5.74, 6) is -1.73. The summed E-state index contributed by atoms with van der Waals surface area (Å²) in [4.78, 5) is 60.5. The highest BCUT2D eigenvalue weighted by Gasteiger charge is 2.31. The average molecular weight is 549 g/mol. The molecule has 4 N–H and O–H groups in total. The van der Waals surface area contributed by atoms with Crippen LogP contribution in [0.3, 0.4) is 0 Å². The fourth-order valence-electron chi connectivity index (χ4n) is 6.03. The summed E-state index contributed by atoms with van der Waals surface area (Å²) >= 11 is 0. The fraction of sp³-hybridized carbons (Fsp3) is 0. The topological polar surface area (TPSA) is 124 Å². The molecule has 0 saturated heterocycles. The molecule has 4 aromatic carbocycles. The quantitative estimate of drug-likeness (QED) is 0.230. The lowest BCUT2D eigenvalue weighted by molar-refractivity contribution is -0.112. The maximum absolute atomic E-state index is 13.6. The summed E-state index contributed by atoms with van der Waals surface area (Å²) in [6.07, 6.45) is 0. The molecule has 0 spiro atoms. The first kappa shape index (κ1) is 23.8. The number of benzene rings is 4. The lowest BCUT2D eigenvalue weighted by atomic mass is 9.96. The first-order valence-electron chi connectivity index (χ1n) is 13.4. The molecule has 0 bridgehead atoms. The molecule has 0 saturated carbocycles. The summed E-state index contributed by atoms with van der Waals surface area (Å²) in [5.41, 5.74) is 1.81. The van der Waals surface area contributed by atoms with Crippen LogP contribution in [0, 0.1) is 10.7 Å². The number of hydrogen-bond acceptors (Lipinski definition) is 4. The van der Waals surface area contributed by atoms with Crippen LogP contribution < -0.4 is 21.3 Å². The van der Waals surface area contributed by atoms with Crippen molar-refractivity contribution in [2.75, 3.05) is 10.6 Å². The van der Waals surface area contributed by atoms with E-state index in [1.807, 2.05) is 48.5 Å². The Bertz CT molecular complexity index is 2280. The number of aromatic nitrogens is 2. The van der Waals surface area contributed by atoms with Gasteiger partial charge in [0.2, 0.25) is 11.6 Å². The number of fused-ring (bicyclic) bond motifs is 4. The molecule has 2 amide bonds. The van der Waals surface area contributed by atoms with E-state index in [0.29, 0.717) is 54.7 Å². The Morgan fingerprint density at radius 3 is 1.12 bits per heavy atom. The number of H-pyrrole nitrogens is 2. The third-order valence-corrected chi connectivity index (χ3v) is 7.93. The van der Waals surface area contributed by atoms with Gasteiger partial charge in [0, 0.05) is 32.7 Å². The summed E-state index contributed by atoms with van der Waals surface area (Å²) < 4.78 is 0. The van der Waals surface area contributed by atoms with Crippen molar-refractivity contribution in [3.63, 3.8) is 0 Å². The average Bonchev–Trinajstić information content (AvgIpc) is 3.56. The molecule has 0 fully saturated rings. The maximum atomic E-state index is 13.6. The smallest absolute Gasteiger partial charge is 0.261 e. The zero-order chi connectivity index (χ0) is 28.5. The number of carbonyl (C=O) groups excluding carboxylic acids is 4. The van der Waals surface area contributed by atoms with Gasteiger partial charge in [0.15, 0.2) is 0 Å². The first-order chi connectivity index (χ1) is 20.5. The second kappa shape index (κ2) is 8.74.